The quantitative estimate of drug-likeness (QED) is 0.644. The number of carbonyl (C=O) groups excluding carboxylic acids is 1. The van der Waals surface area contributed by atoms with Crippen LogP contribution in [0.5, 0.6) is 0 Å². The summed E-state index contributed by atoms with van der Waals surface area (Å²) in [6.07, 6.45) is -0.562. The van der Waals surface area contributed by atoms with E-state index in [9.17, 15) is 14.3 Å². The second kappa shape index (κ2) is 8.81. The van der Waals surface area contributed by atoms with Gasteiger partial charge in [-0.05, 0) is 39.9 Å². The van der Waals surface area contributed by atoms with Crippen molar-refractivity contribution in [2.24, 2.45) is 0 Å². The van der Waals surface area contributed by atoms with Crippen molar-refractivity contribution in [3.05, 3.63) is 94.8 Å². The Balaban J connectivity index is 1.36. The summed E-state index contributed by atoms with van der Waals surface area (Å²) in [4.78, 5) is 12.1. The Bertz CT molecular complexity index is 1100. The van der Waals surface area contributed by atoms with E-state index < -0.39 is 11.9 Å². The van der Waals surface area contributed by atoms with Crippen molar-refractivity contribution >= 4 is 6.09 Å². The fourth-order valence-electron chi connectivity index (χ4n) is 3.71. The van der Waals surface area contributed by atoms with Crippen LogP contribution in [0.25, 0.3) is 11.1 Å². The third kappa shape index (κ3) is 4.05. The molecule has 3 aromatic rings. The van der Waals surface area contributed by atoms with Gasteiger partial charge in [0.25, 0.3) is 0 Å². The average Bonchev–Trinajstić information content (AvgIpc) is 3.09. The third-order valence-corrected chi connectivity index (χ3v) is 5.13. The Labute approximate surface area is 174 Å². The van der Waals surface area contributed by atoms with Gasteiger partial charge in [-0.3, -0.25) is 0 Å². The lowest BCUT2D eigenvalue weighted by atomic mass is 9.98. The summed E-state index contributed by atoms with van der Waals surface area (Å²) in [6.45, 7) is 0.0496. The smallest absolute Gasteiger partial charge is 0.407 e. The van der Waals surface area contributed by atoms with Gasteiger partial charge in [0, 0.05) is 11.5 Å². The lowest BCUT2D eigenvalue weighted by Gasteiger charge is -2.14. The van der Waals surface area contributed by atoms with Crippen molar-refractivity contribution in [1.82, 2.24) is 5.32 Å². The highest BCUT2D eigenvalue weighted by Crippen LogP contribution is 2.44. The predicted octanol–water partition coefficient (Wildman–Crippen LogP) is 4.21. The highest BCUT2D eigenvalue weighted by Gasteiger charge is 2.28. The van der Waals surface area contributed by atoms with Gasteiger partial charge in [-0.15, -0.1) is 0 Å². The molecule has 0 aliphatic heterocycles. The van der Waals surface area contributed by atoms with Crippen LogP contribution < -0.4 is 5.32 Å². The first-order valence-electron chi connectivity index (χ1n) is 9.64. The molecular weight excluding hydrogens is 381 g/mol. The summed E-state index contributed by atoms with van der Waals surface area (Å²) in [5, 5.41) is 11.9. The standard InChI is InChI=1S/C25H20FNO3/c26-19-12-11-18(15-28)17(14-19)6-5-13-27-25(29)30-16-24-22-9-3-1-7-20(22)21-8-2-4-10-23(21)24/h1-4,7-12,14,24,28H,13,15-16H2,(H,27,29). The fourth-order valence-corrected chi connectivity index (χ4v) is 3.71. The molecule has 0 spiro atoms. The molecule has 0 saturated carbocycles. The van der Waals surface area contributed by atoms with Crippen LogP contribution in [-0.2, 0) is 11.3 Å². The minimum absolute atomic E-state index is 0.00589. The van der Waals surface area contributed by atoms with Crippen LogP contribution in [0.1, 0.15) is 28.2 Å². The van der Waals surface area contributed by atoms with E-state index in [1.54, 1.807) is 0 Å². The largest absolute Gasteiger partial charge is 0.449 e. The molecule has 0 bridgehead atoms. The third-order valence-electron chi connectivity index (χ3n) is 5.13. The molecule has 3 aromatic carbocycles. The minimum Gasteiger partial charge on any atom is -0.449 e. The van der Waals surface area contributed by atoms with Crippen LogP contribution in [0, 0.1) is 17.7 Å². The van der Waals surface area contributed by atoms with Gasteiger partial charge in [-0.2, -0.15) is 0 Å². The number of carbonyl (C=O) groups is 1. The molecule has 5 heteroatoms. The van der Waals surface area contributed by atoms with Crippen LogP contribution in [0.2, 0.25) is 0 Å². The van der Waals surface area contributed by atoms with Gasteiger partial charge >= 0.3 is 6.09 Å². The van der Waals surface area contributed by atoms with E-state index in [4.69, 9.17) is 4.74 Å². The van der Waals surface area contributed by atoms with Crippen molar-refractivity contribution < 1.29 is 19.0 Å². The SMILES string of the molecule is O=C(NCC#Cc1cc(F)ccc1CO)OCC1c2ccccc2-c2ccccc21. The highest BCUT2D eigenvalue weighted by atomic mass is 19.1. The molecule has 0 aromatic heterocycles. The number of hydrogen-bond acceptors (Lipinski definition) is 3. The van der Waals surface area contributed by atoms with E-state index >= 15 is 0 Å². The van der Waals surface area contributed by atoms with Crippen molar-refractivity contribution in [1.29, 1.82) is 0 Å². The number of hydrogen-bond donors (Lipinski definition) is 2. The maximum absolute atomic E-state index is 13.3. The minimum atomic E-state index is -0.562. The van der Waals surface area contributed by atoms with E-state index in [-0.39, 0.29) is 25.7 Å². The van der Waals surface area contributed by atoms with E-state index in [0.717, 1.165) is 11.1 Å². The Hall–Kier alpha value is -3.62. The summed E-state index contributed by atoms with van der Waals surface area (Å²) in [5.41, 5.74) is 5.56. The fraction of sp³-hybridized carbons (Fsp3) is 0.160. The van der Waals surface area contributed by atoms with Crippen LogP contribution in [-0.4, -0.2) is 24.4 Å². The number of ether oxygens (including phenoxy) is 1. The molecule has 1 aliphatic rings. The van der Waals surface area contributed by atoms with Gasteiger partial charge in [0.2, 0.25) is 0 Å². The van der Waals surface area contributed by atoms with Gasteiger partial charge in [-0.1, -0.05) is 66.4 Å². The second-order valence-corrected chi connectivity index (χ2v) is 6.94. The first-order chi connectivity index (χ1) is 14.7. The number of amides is 1. The number of alkyl carbamates (subject to hydrolysis) is 1. The normalized spacial score (nSPS) is 11.8. The number of benzene rings is 3. The molecule has 2 N–H and O–H groups in total. The molecule has 0 unspecified atom stereocenters. The molecule has 0 radical (unpaired) electrons. The topological polar surface area (TPSA) is 58.6 Å². The highest BCUT2D eigenvalue weighted by molar-refractivity contribution is 5.79. The van der Waals surface area contributed by atoms with Crippen LogP contribution >= 0.6 is 0 Å². The summed E-state index contributed by atoms with van der Waals surface area (Å²) >= 11 is 0. The maximum atomic E-state index is 13.3. The number of aliphatic hydroxyl groups is 1. The van der Waals surface area contributed by atoms with Gasteiger partial charge < -0.3 is 15.2 Å². The predicted molar refractivity (Wildman–Crippen MR) is 112 cm³/mol. The second-order valence-electron chi connectivity index (χ2n) is 6.94. The molecular formula is C25H20FNO3. The van der Waals surface area contributed by atoms with E-state index in [2.05, 4.69) is 41.4 Å². The van der Waals surface area contributed by atoms with E-state index in [1.807, 2.05) is 24.3 Å². The monoisotopic (exact) mass is 401 g/mol. The van der Waals surface area contributed by atoms with Crippen molar-refractivity contribution in [2.45, 2.75) is 12.5 Å². The zero-order chi connectivity index (χ0) is 20.9. The Kier molecular flexibility index (Phi) is 5.78. The Morgan fingerprint density at radius 3 is 2.37 bits per heavy atom. The molecule has 1 aliphatic carbocycles. The number of aliphatic hydroxyl groups excluding tert-OH is 1. The van der Waals surface area contributed by atoms with Gasteiger partial charge in [0.05, 0.1) is 13.2 Å². The molecule has 0 saturated heterocycles. The van der Waals surface area contributed by atoms with Gasteiger partial charge in [-0.25, -0.2) is 9.18 Å². The van der Waals surface area contributed by atoms with Crippen molar-refractivity contribution in [3.8, 4) is 23.0 Å². The number of fused-ring (bicyclic) bond motifs is 3. The Morgan fingerprint density at radius 2 is 1.70 bits per heavy atom. The molecule has 0 fully saturated rings. The summed E-state index contributed by atoms with van der Waals surface area (Å²) in [6, 6.07) is 20.3. The molecule has 0 heterocycles. The van der Waals surface area contributed by atoms with E-state index in [1.165, 1.54) is 29.3 Å². The first-order valence-corrected chi connectivity index (χ1v) is 9.64. The molecule has 0 atom stereocenters. The average molecular weight is 401 g/mol. The number of rotatable bonds is 4. The van der Waals surface area contributed by atoms with Gasteiger partial charge in [0.1, 0.15) is 12.4 Å². The number of nitrogens with one attached hydrogen (secondary N) is 1. The van der Waals surface area contributed by atoms with Crippen molar-refractivity contribution in [2.75, 3.05) is 13.2 Å². The molecule has 4 nitrogen and oxygen atoms in total. The maximum Gasteiger partial charge on any atom is 0.407 e. The molecule has 4 rings (SSSR count). The zero-order valence-electron chi connectivity index (χ0n) is 16.2. The number of halogens is 1. The lowest BCUT2D eigenvalue weighted by Crippen LogP contribution is -2.26. The molecule has 1 amide bonds. The van der Waals surface area contributed by atoms with Crippen LogP contribution in [0.4, 0.5) is 9.18 Å². The van der Waals surface area contributed by atoms with Gasteiger partial charge in [0.15, 0.2) is 0 Å². The molecule has 150 valence electrons. The molecule has 30 heavy (non-hydrogen) atoms. The summed E-state index contributed by atoms with van der Waals surface area (Å²) < 4.78 is 18.8. The summed E-state index contributed by atoms with van der Waals surface area (Å²) in [5.74, 6) is 5.08. The first kappa shape index (κ1) is 19.7. The summed E-state index contributed by atoms with van der Waals surface area (Å²) in [7, 11) is 0. The Morgan fingerprint density at radius 1 is 1.03 bits per heavy atom. The van der Waals surface area contributed by atoms with Crippen LogP contribution in [0.15, 0.2) is 66.7 Å². The lowest BCUT2D eigenvalue weighted by molar-refractivity contribution is 0.144. The van der Waals surface area contributed by atoms with Crippen molar-refractivity contribution in [3.63, 3.8) is 0 Å². The zero-order valence-corrected chi connectivity index (χ0v) is 16.2. The van der Waals surface area contributed by atoms with E-state index in [0.29, 0.717) is 11.1 Å². The van der Waals surface area contributed by atoms with Crippen LogP contribution in [0.3, 0.4) is 0 Å².